The number of unbranched alkanes of at least 4 members (excludes halogenated alkanes) is 1. The van der Waals surface area contributed by atoms with E-state index in [0.717, 1.165) is 31.3 Å². The van der Waals surface area contributed by atoms with Crippen molar-refractivity contribution in [2.24, 2.45) is 5.92 Å². The quantitative estimate of drug-likeness (QED) is 0.524. The monoisotopic (exact) mass is 222 g/mol. The zero-order valence-corrected chi connectivity index (χ0v) is 10.6. The van der Waals surface area contributed by atoms with Crippen LogP contribution >= 0.6 is 0 Å². The van der Waals surface area contributed by atoms with Gasteiger partial charge in [0.1, 0.15) is 0 Å². The molecule has 0 unspecified atom stereocenters. The molecule has 0 aromatic carbocycles. The number of carbonyl (C=O) groups is 1. The van der Waals surface area contributed by atoms with Crippen molar-refractivity contribution in [1.29, 1.82) is 0 Å². The Bertz CT molecular complexity index is 298. The maximum Gasteiger partial charge on any atom is 0.334 e. The van der Waals surface area contributed by atoms with Crippen molar-refractivity contribution in [3.63, 3.8) is 0 Å². The first-order valence-electron chi connectivity index (χ1n) is 6.22. The molecule has 90 valence electrons. The van der Waals surface area contributed by atoms with Gasteiger partial charge >= 0.3 is 5.97 Å². The van der Waals surface area contributed by atoms with Gasteiger partial charge in [0, 0.05) is 5.57 Å². The van der Waals surface area contributed by atoms with Gasteiger partial charge in [-0.05, 0) is 25.2 Å². The molecule has 0 spiro atoms. The van der Waals surface area contributed by atoms with Gasteiger partial charge in [-0.25, -0.2) is 4.79 Å². The Morgan fingerprint density at radius 2 is 2.12 bits per heavy atom. The van der Waals surface area contributed by atoms with Gasteiger partial charge < -0.3 is 4.74 Å². The van der Waals surface area contributed by atoms with Gasteiger partial charge in [0.05, 0.1) is 6.61 Å². The topological polar surface area (TPSA) is 26.3 Å². The molecule has 0 saturated carbocycles. The van der Waals surface area contributed by atoms with Crippen LogP contribution in [0.5, 0.6) is 0 Å². The fraction of sp³-hybridized carbons (Fsp3) is 0.643. The van der Waals surface area contributed by atoms with Crippen molar-refractivity contribution in [2.75, 3.05) is 6.61 Å². The van der Waals surface area contributed by atoms with E-state index < -0.39 is 0 Å². The largest absolute Gasteiger partial charge is 0.462 e. The number of ether oxygens (including phenoxy) is 1. The van der Waals surface area contributed by atoms with E-state index in [-0.39, 0.29) is 5.97 Å². The minimum absolute atomic E-state index is 0.132. The Kier molecular flexibility index (Phi) is 5.30. The van der Waals surface area contributed by atoms with E-state index in [1.807, 2.05) is 6.08 Å². The SMILES string of the molecule is CCCCOC(=O)C1=CC=C(C(C)C)CC1. The molecule has 2 nitrogen and oxygen atoms in total. The summed E-state index contributed by atoms with van der Waals surface area (Å²) in [5.74, 6) is 0.446. The van der Waals surface area contributed by atoms with E-state index in [9.17, 15) is 4.79 Å². The van der Waals surface area contributed by atoms with Crippen molar-refractivity contribution in [3.8, 4) is 0 Å². The number of hydrogen-bond acceptors (Lipinski definition) is 2. The number of allylic oxidation sites excluding steroid dienone is 3. The van der Waals surface area contributed by atoms with E-state index in [1.54, 1.807) is 0 Å². The first-order valence-corrected chi connectivity index (χ1v) is 6.22. The lowest BCUT2D eigenvalue weighted by Gasteiger charge is -2.16. The highest BCUT2D eigenvalue weighted by atomic mass is 16.5. The zero-order valence-electron chi connectivity index (χ0n) is 10.6. The molecule has 1 rings (SSSR count). The van der Waals surface area contributed by atoms with Crippen molar-refractivity contribution in [3.05, 3.63) is 23.3 Å². The minimum Gasteiger partial charge on any atom is -0.462 e. The molecular weight excluding hydrogens is 200 g/mol. The maximum atomic E-state index is 11.6. The van der Waals surface area contributed by atoms with Gasteiger partial charge in [-0.1, -0.05) is 44.9 Å². The summed E-state index contributed by atoms with van der Waals surface area (Å²) in [4.78, 5) is 11.6. The van der Waals surface area contributed by atoms with Gasteiger partial charge in [-0.3, -0.25) is 0 Å². The Balaban J connectivity index is 2.47. The van der Waals surface area contributed by atoms with Gasteiger partial charge in [0.2, 0.25) is 0 Å². The minimum atomic E-state index is -0.132. The molecule has 0 atom stereocenters. The number of esters is 1. The van der Waals surface area contributed by atoms with E-state index >= 15 is 0 Å². The molecule has 0 bridgehead atoms. The van der Waals surface area contributed by atoms with Crippen molar-refractivity contribution in [2.45, 2.75) is 46.5 Å². The summed E-state index contributed by atoms with van der Waals surface area (Å²) in [6, 6.07) is 0. The molecule has 16 heavy (non-hydrogen) atoms. The third-order valence-corrected chi connectivity index (χ3v) is 2.92. The highest BCUT2D eigenvalue weighted by Crippen LogP contribution is 2.24. The van der Waals surface area contributed by atoms with E-state index in [1.165, 1.54) is 5.57 Å². The van der Waals surface area contributed by atoms with E-state index in [2.05, 4.69) is 26.8 Å². The molecule has 0 aliphatic heterocycles. The second kappa shape index (κ2) is 6.51. The summed E-state index contributed by atoms with van der Waals surface area (Å²) >= 11 is 0. The molecule has 1 aliphatic carbocycles. The molecule has 0 aromatic heterocycles. The Morgan fingerprint density at radius 3 is 2.62 bits per heavy atom. The molecular formula is C14H22O2. The zero-order chi connectivity index (χ0) is 12.0. The predicted octanol–water partition coefficient (Wildman–Crippen LogP) is 3.63. The molecule has 0 amide bonds. The van der Waals surface area contributed by atoms with Crippen LogP contribution in [0.2, 0.25) is 0 Å². The Morgan fingerprint density at radius 1 is 1.38 bits per heavy atom. The summed E-state index contributed by atoms with van der Waals surface area (Å²) in [6.07, 6.45) is 7.83. The number of carbonyl (C=O) groups excluding carboxylic acids is 1. The van der Waals surface area contributed by atoms with Crippen molar-refractivity contribution >= 4 is 5.97 Å². The first-order chi connectivity index (χ1) is 7.65. The lowest BCUT2D eigenvalue weighted by atomic mass is 9.91. The molecule has 1 aliphatic rings. The second-order valence-corrected chi connectivity index (χ2v) is 4.58. The fourth-order valence-corrected chi connectivity index (χ4v) is 1.71. The van der Waals surface area contributed by atoms with Gasteiger partial charge in [-0.2, -0.15) is 0 Å². The van der Waals surface area contributed by atoms with Crippen LogP contribution in [0.15, 0.2) is 23.3 Å². The third-order valence-electron chi connectivity index (χ3n) is 2.92. The van der Waals surface area contributed by atoms with Crippen LogP contribution in [-0.2, 0) is 9.53 Å². The van der Waals surface area contributed by atoms with Gasteiger partial charge in [-0.15, -0.1) is 0 Å². The van der Waals surface area contributed by atoms with Crippen molar-refractivity contribution in [1.82, 2.24) is 0 Å². The Labute approximate surface area is 98.4 Å². The van der Waals surface area contributed by atoms with Crippen LogP contribution in [0, 0.1) is 5.92 Å². The van der Waals surface area contributed by atoms with E-state index in [4.69, 9.17) is 4.74 Å². The average molecular weight is 222 g/mol. The number of hydrogen-bond donors (Lipinski definition) is 0. The number of rotatable bonds is 5. The van der Waals surface area contributed by atoms with Crippen LogP contribution in [0.1, 0.15) is 46.5 Å². The molecule has 0 N–H and O–H groups in total. The molecule has 0 aromatic rings. The molecule has 0 fully saturated rings. The summed E-state index contributed by atoms with van der Waals surface area (Å²) in [5, 5.41) is 0. The third kappa shape index (κ3) is 3.84. The summed E-state index contributed by atoms with van der Waals surface area (Å²) in [7, 11) is 0. The maximum absolute atomic E-state index is 11.6. The highest BCUT2D eigenvalue weighted by molar-refractivity contribution is 5.89. The summed E-state index contributed by atoms with van der Waals surface area (Å²) in [5.41, 5.74) is 2.24. The van der Waals surface area contributed by atoms with Crippen LogP contribution in [0.3, 0.4) is 0 Å². The lowest BCUT2D eigenvalue weighted by Crippen LogP contribution is -2.11. The smallest absolute Gasteiger partial charge is 0.334 e. The van der Waals surface area contributed by atoms with Crippen LogP contribution < -0.4 is 0 Å². The van der Waals surface area contributed by atoms with Crippen LogP contribution in [0.25, 0.3) is 0 Å². The molecule has 0 heterocycles. The average Bonchev–Trinajstić information content (AvgIpc) is 2.29. The first kappa shape index (κ1) is 13.0. The summed E-state index contributed by atoms with van der Waals surface area (Å²) in [6.45, 7) is 7.01. The highest BCUT2D eigenvalue weighted by Gasteiger charge is 2.15. The summed E-state index contributed by atoms with van der Waals surface area (Å²) < 4.78 is 5.18. The Hall–Kier alpha value is -1.05. The van der Waals surface area contributed by atoms with Crippen LogP contribution in [0.4, 0.5) is 0 Å². The predicted molar refractivity (Wildman–Crippen MR) is 66.1 cm³/mol. The lowest BCUT2D eigenvalue weighted by molar-refractivity contribution is -0.139. The van der Waals surface area contributed by atoms with Gasteiger partial charge in [0.15, 0.2) is 0 Å². The van der Waals surface area contributed by atoms with Crippen LogP contribution in [-0.4, -0.2) is 12.6 Å². The normalized spacial score (nSPS) is 15.8. The van der Waals surface area contributed by atoms with Crippen molar-refractivity contribution < 1.29 is 9.53 Å². The standard InChI is InChI=1S/C14H22O2/c1-4-5-10-16-14(15)13-8-6-12(7-9-13)11(2)3/h6,8,11H,4-5,7,9-10H2,1-3H3. The second-order valence-electron chi connectivity index (χ2n) is 4.58. The van der Waals surface area contributed by atoms with Gasteiger partial charge in [0.25, 0.3) is 0 Å². The molecule has 0 saturated heterocycles. The molecule has 2 heteroatoms. The fourth-order valence-electron chi connectivity index (χ4n) is 1.71. The van der Waals surface area contributed by atoms with E-state index in [0.29, 0.717) is 12.5 Å². The molecule has 0 radical (unpaired) electrons.